The first-order valence-electron chi connectivity index (χ1n) is 15.7. The van der Waals surface area contributed by atoms with Gasteiger partial charge in [0.15, 0.2) is 0 Å². The van der Waals surface area contributed by atoms with Crippen molar-refractivity contribution in [3.05, 3.63) is 0 Å². The summed E-state index contributed by atoms with van der Waals surface area (Å²) in [6.45, 7) is 13.9. The Labute approximate surface area is 255 Å². The van der Waals surface area contributed by atoms with Crippen LogP contribution in [0.1, 0.15) is 58.3 Å². The Kier molecular flexibility index (Phi) is 39.8. The maximum absolute atomic E-state index is 5.65. The Balaban J connectivity index is 3.02. The van der Waals surface area contributed by atoms with Crippen LogP contribution in [0.15, 0.2) is 0 Å². The summed E-state index contributed by atoms with van der Waals surface area (Å²) in [5.41, 5.74) is 0. The highest BCUT2D eigenvalue weighted by molar-refractivity contribution is 6.17. The molecule has 0 saturated heterocycles. The van der Waals surface area contributed by atoms with E-state index in [1.165, 1.54) is 32.1 Å². The molecule has 11 heteroatoms. The van der Waals surface area contributed by atoms with E-state index in [9.17, 15) is 0 Å². The molecule has 0 rings (SSSR count). The summed E-state index contributed by atoms with van der Waals surface area (Å²) >= 11 is 5.65. The van der Waals surface area contributed by atoms with Gasteiger partial charge in [0.2, 0.25) is 0 Å². The second-order valence-electron chi connectivity index (χ2n) is 9.29. The number of halogens is 1. The van der Waals surface area contributed by atoms with E-state index in [0.717, 1.165) is 38.4 Å². The van der Waals surface area contributed by atoms with Crippen molar-refractivity contribution >= 4 is 11.6 Å². The molecule has 0 atom stereocenters. The molecule has 0 spiro atoms. The van der Waals surface area contributed by atoms with Crippen molar-refractivity contribution in [2.75, 3.05) is 138 Å². The number of alkyl halides is 1. The van der Waals surface area contributed by atoms with Gasteiger partial charge in [0.1, 0.15) is 0 Å². The largest absolute Gasteiger partial charge is 0.379 e. The molecule has 0 aliphatic heterocycles. The van der Waals surface area contributed by atoms with Crippen LogP contribution >= 0.6 is 11.6 Å². The molecule has 0 aromatic rings. The molecular weight excluding hydrogens is 556 g/mol. The van der Waals surface area contributed by atoms with Gasteiger partial charge in [0.05, 0.1) is 119 Å². The van der Waals surface area contributed by atoms with Gasteiger partial charge in [-0.3, -0.25) is 0 Å². The van der Waals surface area contributed by atoms with Crippen LogP contribution in [0.25, 0.3) is 0 Å². The highest BCUT2D eigenvalue weighted by atomic mass is 35.5. The van der Waals surface area contributed by atoms with Gasteiger partial charge in [0.25, 0.3) is 0 Å². The van der Waals surface area contributed by atoms with Gasteiger partial charge in [-0.05, 0) is 19.3 Å². The van der Waals surface area contributed by atoms with E-state index >= 15 is 0 Å². The average molecular weight is 617 g/mol. The number of hydrogen-bond donors (Lipinski definition) is 0. The fourth-order valence-electron chi connectivity index (χ4n) is 3.36. The van der Waals surface area contributed by atoms with E-state index in [1.807, 2.05) is 0 Å². The molecule has 41 heavy (non-hydrogen) atoms. The Morgan fingerprint density at radius 3 is 0.732 bits per heavy atom. The molecule has 0 unspecified atom stereocenters. The second-order valence-corrected chi connectivity index (χ2v) is 9.67. The van der Waals surface area contributed by atoms with E-state index in [0.29, 0.717) is 119 Å². The molecule has 0 saturated carbocycles. The van der Waals surface area contributed by atoms with Crippen LogP contribution in [-0.2, 0) is 47.4 Å². The lowest BCUT2D eigenvalue weighted by molar-refractivity contribution is -0.0264. The standard InChI is InChI=1S/C30H61ClO10/c1-2-3-4-8-11-32-13-15-34-17-19-36-21-23-38-25-27-40-29-30-41-28-26-39-24-22-37-20-18-35-16-14-33-12-9-6-5-7-10-31/h2-30H2,1H3. The summed E-state index contributed by atoms with van der Waals surface area (Å²) in [7, 11) is 0. The third-order valence-corrected chi connectivity index (χ3v) is 5.93. The summed E-state index contributed by atoms with van der Waals surface area (Å²) in [5.74, 6) is 0.747. The molecular formula is C30H61ClO10. The van der Waals surface area contributed by atoms with Gasteiger partial charge >= 0.3 is 0 Å². The molecule has 10 nitrogen and oxygen atoms in total. The molecule has 0 bridgehead atoms. The minimum absolute atomic E-state index is 0.530. The van der Waals surface area contributed by atoms with Crippen molar-refractivity contribution in [1.29, 1.82) is 0 Å². The summed E-state index contributed by atoms with van der Waals surface area (Å²) in [4.78, 5) is 0. The molecule has 0 heterocycles. The first kappa shape index (κ1) is 40.9. The fourth-order valence-corrected chi connectivity index (χ4v) is 3.55. The molecule has 0 amide bonds. The highest BCUT2D eigenvalue weighted by Gasteiger charge is 1.96. The van der Waals surface area contributed by atoms with E-state index in [1.54, 1.807) is 0 Å². The van der Waals surface area contributed by atoms with Gasteiger partial charge in [-0.15, -0.1) is 11.6 Å². The third kappa shape index (κ3) is 39.9. The zero-order valence-electron chi connectivity index (χ0n) is 26.0. The van der Waals surface area contributed by atoms with E-state index in [4.69, 9.17) is 59.0 Å². The zero-order valence-corrected chi connectivity index (χ0v) is 26.7. The van der Waals surface area contributed by atoms with Crippen LogP contribution < -0.4 is 0 Å². The molecule has 0 aromatic heterocycles. The number of rotatable bonds is 38. The molecule has 0 aromatic carbocycles. The van der Waals surface area contributed by atoms with Crippen LogP contribution in [0.3, 0.4) is 0 Å². The first-order valence-corrected chi connectivity index (χ1v) is 16.3. The van der Waals surface area contributed by atoms with Crippen molar-refractivity contribution in [1.82, 2.24) is 0 Å². The van der Waals surface area contributed by atoms with Crippen LogP contribution in [0.4, 0.5) is 0 Å². The van der Waals surface area contributed by atoms with Crippen molar-refractivity contribution in [2.45, 2.75) is 58.3 Å². The van der Waals surface area contributed by atoms with Crippen molar-refractivity contribution in [3.63, 3.8) is 0 Å². The Bertz CT molecular complexity index is 413. The predicted molar refractivity (Wildman–Crippen MR) is 162 cm³/mol. The molecule has 0 fully saturated rings. The lowest BCUT2D eigenvalue weighted by Gasteiger charge is -2.09. The number of ether oxygens (including phenoxy) is 10. The molecule has 248 valence electrons. The average Bonchev–Trinajstić information content (AvgIpc) is 2.98. The zero-order chi connectivity index (χ0) is 29.6. The maximum atomic E-state index is 5.65. The smallest absolute Gasteiger partial charge is 0.0701 e. The SMILES string of the molecule is CCCCCCOCCOCCOCCOCCOCCOCCOCCOCCOCCOCCCCCCCl. The van der Waals surface area contributed by atoms with Gasteiger partial charge < -0.3 is 47.4 Å². The second kappa shape index (κ2) is 39.9. The van der Waals surface area contributed by atoms with Crippen molar-refractivity contribution < 1.29 is 47.4 Å². The summed E-state index contributed by atoms with van der Waals surface area (Å²) < 4.78 is 54.9. The Morgan fingerprint density at radius 2 is 0.488 bits per heavy atom. The topological polar surface area (TPSA) is 92.3 Å². The molecule has 0 aliphatic carbocycles. The van der Waals surface area contributed by atoms with Crippen molar-refractivity contribution in [3.8, 4) is 0 Å². The van der Waals surface area contributed by atoms with Crippen LogP contribution in [-0.4, -0.2) is 138 Å². The maximum Gasteiger partial charge on any atom is 0.0701 e. The fraction of sp³-hybridized carbons (Fsp3) is 1.00. The van der Waals surface area contributed by atoms with Gasteiger partial charge in [-0.1, -0.05) is 39.0 Å². The monoisotopic (exact) mass is 616 g/mol. The first-order chi connectivity index (χ1) is 20.4. The van der Waals surface area contributed by atoms with E-state index in [-0.39, 0.29) is 0 Å². The van der Waals surface area contributed by atoms with E-state index < -0.39 is 0 Å². The summed E-state index contributed by atoms with van der Waals surface area (Å²) in [5, 5.41) is 0. The lowest BCUT2D eigenvalue weighted by Crippen LogP contribution is -2.15. The summed E-state index contributed by atoms with van der Waals surface area (Å²) in [6.07, 6.45) is 9.42. The van der Waals surface area contributed by atoms with Crippen LogP contribution in [0.2, 0.25) is 0 Å². The van der Waals surface area contributed by atoms with Crippen LogP contribution in [0.5, 0.6) is 0 Å². The highest BCUT2D eigenvalue weighted by Crippen LogP contribution is 2.01. The number of unbranched alkanes of at least 4 members (excludes halogenated alkanes) is 6. The Morgan fingerprint density at radius 1 is 0.268 bits per heavy atom. The molecule has 0 aliphatic rings. The van der Waals surface area contributed by atoms with Gasteiger partial charge in [0, 0.05) is 19.1 Å². The number of hydrogen-bond acceptors (Lipinski definition) is 10. The van der Waals surface area contributed by atoms with E-state index in [2.05, 4.69) is 6.92 Å². The normalized spacial score (nSPS) is 11.6. The van der Waals surface area contributed by atoms with Gasteiger partial charge in [-0.2, -0.15) is 0 Å². The minimum Gasteiger partial charge on any atom is -0.379 e. The quantitative estimate of drug-likeness (QED) is 0.0727. The predicted octanol–water partition coefficient (Wildman–Crippen LogP) is 4.53. The molecule has 0 radical (unpaired) electrons. The van der Waals surface area contributed by atoms with Crippen molar-refractivity contribution in [2.24, 2.45) is 0 Å². The third-order valence-electron chi connectivity index (χ3n) is 5.66. The lowest BCUT2D eigenvalue weighted by atomic mass is 10.2. The summed E-state index contributed by atoms with van der Waals surface area (Å²) in [6, 6.07) is 0. The molecule has 0 N–H and O–H groups in total. The Hall–Kier alpha value is -0.110. The van der Waals surface area contributed by atoms with Crippen LogP contribution in [0, 0.1) is 0 Å². The van der Waals surface area contributed by atoms with Gasteiger partial charge in [-0.25, -0.2) is 0 Å². The minimum atomic E-state index is 0.530.